The zero-order valence-electron chi connectivity index (χ0n) is 12.2. The van der Waals surface area contributed by atoms with Crippen LogP contribution in [0.15, 0.2) is 36.9 Å². The van der Waals surface area contributed by atoms with Crippen LogP contribution in [-0.4, -0.2) is 11.7 Å². The van der Waals surface area contributed by atoms with Gasteiger partial charge in [-0.1, -0.05) is 30.3 Å². The van der Waals surface area contributed by atoms with Gasteiger partial charge in [-0.25, -0.2) is 4.79 Å². The smallest absolute Gasteiger partial charge is 0.408 e. The van der Waals surface area contributed by atoms with Gasteiger partial charge in [0.25, 0.3) is 0 Å². The number of ether oxygens (including phenoxy) is 1. The Kier molecular flexibility index (Phi) is 5.16. The van der Waals surface area contributed by atoms with Crippen LogP contribution in [0.3, 0.4) is 0 Å². The standard InChI is InChI=1S/C16H23NO2/c1-6-9-14(13-11-8-7-10-12(13)2)17-15(18)19-16(3,4)5/h6-8,10-11,14H,1,9H2,2-5H3,(H,17,18)/t14-/m1/s1. The van der Waals surface area contributed by atoms with Gasteiger partial charge in [0.15, 0.2) is 0 Å². The molecule has 0 fully saturated rings. The Labute approximate surface area is 115 Å². The Morgan fingerprint density at radius 2 is 2.05 bits per heavy atom. The predicted molar refractivity (Wildman–Crippen MR) is 78.1 cm³/mol. The topological polar surface area (TPSA) is 38.3 Å². The fraction of sp³-hybridized carbons (Fsp3) is 0.438. The monoisotopic (exact) mass is 261 g/mol. The summed E-state index contributed by atoms with van der Waals surface area (Å²) >= 11 is 0. The van der Waals surface area contributed by atoms with Crippen LogP contribution in [0.25, 0.3) is 0 Å². The molecule has 0 saturated heterocycles. The van der Waals surface area contributed by atoms with Crippen molar-refractivity contribution in [3.63, 3.8) is 0 Å². The summed E-state index contributed by atoms with van der Waals surface area (Å²) in [5.41, 5.74) is 1.74. The molecule has 0 aromatic heterocycles. The van der Waals surface area contributed by atoms with Crippen molar-refractivity contribution < 1.29 is 9.53 Å². The van der Waals surface area contributed by atoms with Crippen molar-refractivity contribution >= 4 is 6.09 Å². The number of hydrogen-bond acceptors (Lipinski definition) is 2. The van der Waals surface area contributed by atoms with Crippen LogP contribution < -0.4 is 5.32 Å². The third-order valence-electron chi connectivity index (χ3n) is 2.66. The summed E-state index contributed by atoms with van der Waals surface area (Å²) in [6.45, 7) is 11.3. The van der Waals surface area contributed by atoms with Gasteiger partial charge in [0, 0.05) is 0 Å². The van der Waals surface area contributed by atoms with Gasteiger partial charge in [0.1, 0.15) is 5.60 Å². The lowest BCUT2D eigenvalue weighted by Crippen LogP contribution is -2.35. The second-order valence-electron chi connectivity index (χ2n) is 5.58. The lowest BCUT2D eigenvalue weighted by molar-refractivity contribution is 0.0504. The molecule has 3 nitrogen and oxygen atoms in total. The van der Waals surface area contributed by atoms with Gasteiger partial charge in [-0.2, -0.15) is 0 Å². The molecule has 0 radical (unpaired) electrons. The number of nitrogens with one attached hydrogen (secondary N) is 1. The van der Waals surface area contributed by atoms with Crippen molar-refractivity contribution in [3.8, 4) is 0 Å². The molecule has 0 spiro atoms. The van der Waals surface area contributed by atoms with Crippen molar-refractivity contribution in [1.29, 1.82) is 0 Å². The van der Waals surface area contributed by atoms with Gasteiger partial charge in [-0.3, -0.25) is 0 Å². The molecular weight excluding hydrogens is 238 g/mol. The first-order valence-corrected chi connectivity index (χ1v) is 6.49. The average molecular weight is 261 g/mol. The van der Waals surface area contributed by atoms with Crippen LogP contribution in [0, 0.1) is 6.92 Å². The summed E-state index contributed by atoms with van der Waals surface area (Å²) in [6, 6.07) is 7.89. The van der Waals surface area contributed by atoms with E-state index in [1.165, 1.54) is 0 Å². The number of rotatable bonds is 4. The van der Waals surface area contributed by atoms with Gasteiger partial charge in [-0.15, -0.1) is 6.58 Å². The maximum Gasteiger partial charge on any atom is 0.408 e. The number of hydrogen-bond donors (Lipinski definition) is 1. The first kappa shape index (κ1) is 15.3. The third kappa shape index (κ3) is 5.16. The molecule has 104 valence electrons. The Morgan fingerprint density at radius 3 is 2.58 bits per heavy atom. The molecule has 0 unspecified atom stereocenters. The molecule has 1 rings (SSSR count). The van der Waals surface area contributed by atoms with E-state index in [9.17, 15) is 4.79 Å². The molecule has 0 bridgehead atoms. The molecule has 19 heavy (non-hydrogen) atoms. The minimum Gasteiger partial charge on any atom is -0.444 e. The van der Waals surface area contributed by atoms with E-state index in [2.05, 4.69) is 11.9 Å². The normalized spacial score (nSPS) is 12.6. The fourth-order valence-corrected chi connectivity index (χ4v) is 1.86. The lowest BCUT2D eigenvalue weighted by Gasteiger charge is -2.24. The SMILES string of the molecule is C=CC[C@@H](NC(=O)OC(C)(C)C)c1ccccc1C. The van der Waals surface area contributed by atoms with Crippen molar-refractivity contribution in [2.75, 3.05) is 0 Å². The molecule has 1 aromatic carbocycles. The van der Waals surface area contributed by atoms with Crippen LogP contribution in [0.1, 0.15) is 44.4 Å². The summed E-state index contributed by atoms with van der Waals surface area (Å²) in [5, 5.41) is 2.90. The zero-order valence-corrected chi connectivity index (χ0v) is 12.2. The minimum absolute atomic E-state index is 0.103. The van der Waals surface area contributed by atoms with Gasteiger partial charge in [-0.05, 0) is 45.2 Å². The van der Waals surface area contributed by atoms with Gasteiger partial charge in [0.05, 0.1) is 6.04 Å². The zero-order chi connectivity index (χ0) is 14.5. The quantitative estimate of drug-likeness (QED) is 0.827. The van der Waals surface area contributed by atoms with E-state index in [1.54, 1.807) is 6.08 Å². The summed E-state index contributed by atoms with van der Waals surface area (Å²) in [4.78, 5) is 11.9. The lowest BCUT2D eigenvalue weighted by atomic mass is 9.99. The van der Waals surface area contributed by atoms with Crippen LogP contribution in [0.5, 0.6) is 0 Å². The third-order valence-corrected chi connectivity index (χ3v) is 2.66. The van der Waals surface area contributed by atoms with E-state index in [0.29, 0.717) is 6.42 Å². The highest BCUT2D eigenvalue weighted by Gasteiger charge is 2.20. The van der Waals surface area contributed by atoms with Crippen LogP contribution in [-0.2, 0) is 4.74 Å². The van der Waals surface area contributed by atoms with Crippen molar-refractivity contribution in [2.45, 2.75) is 45.8 Å². The highest BCUT2D eigenvalue weighted by Crippen LogP contribution is 2.21. The molecule has 0 aliphatic carbocycles. The molecule has 1 amide bonds. The number of amides is 1. The van der Waals surface area contributed by atoms with E-state index in [-0.39, 0.29) is 6.04 Å². The van der Waals surface area contributed by atoms with E-state index in [1.807, 2.05) is 52.0 Å². The molecule has 1 N–H and O–H groups in total. The van der Waals surface area contributed by atoms with E-state index < -0.39 is 11.7 Å². The van der Waals surface area contributed by atoms with Crippen molar-refractivity contribution in [3.05, 3.63) is 48.0 Å². The largest absolute Gasteiger partial charge is 0.444 e. The highest BCUT2D eigenvalue weighted by atomic mass is 16.6. The molecule has 0 aliphatic heterocycles. The van der Waals surface area contributed by atoms with Gasteiger partial charge >= 0.3 is 6.09 Å². The molecule has 1 aromatic rings. The number of alkyl carbamates (subject to hydrolysis) is 1. The maximum atomic E-state index is 11.9. The molecule has 0 heterocycles. The minimum atomic E-state index is -0.492. The maximum absolute atomic E-state index is 11.9. The number of carbonyl (C=O) groups excluding carboxylic acids is 1. The van der Waals surface area contributed by atoms with Crippen LogP contribution in [0.2, 0.25) is 0 Å². The first-order valence-electron chi connectivity index (χ1n) is 6.49. The second kappa shape index (κ2) is 6.41. The van der Waals surface area contributed by atoms with Crippen LogP contribution in [0.4, 0.5) is 4.79 Å². The van der Waals surface area contributed by atoms with Gasteiger partial charge in [0.2, 0.25) is 0 Å². The Bertz CT molecular complexity index is 446. The molecule has 0 aliphatic rings. The Balaban J connectivity index is 2.82. The van der Waals surface area contributed by atoms with E-state index >= 15 is 0 Å². The predicted octanol–water partition coefficient (Wildman–Crippen LogP) is 4.14. The van der Waals surface area contributed by atoms with E-state index in [0.717, 1.165) is 11.1 Å². The van der Waals surface area contributed by atoms with Crippen molar-refractivity contribution in [2.24, 2.45) is 0 Å². The van der Waals surface area contributed by atoms with E-state index in [4.69, 9.17) is 4.74 Å². The van der Waals surface area contributed by atoms with Gasteiger partial charge < -0.3 is 10.1 Å². The highest BCUT2D eigenvalue weighted by molar-refractivity contribution is 5.68. The number of benzene rings is 1. The van der Waals surface area contributed by atoms with Crippen molar-refractivity contribution in [1.82, 2.24) is 5.32 Å². The summed E-state index contributed by atoms with van der Waals surface area (Å²) < 4.78 is 5.29. The molecule has 0 saturated carbocycles. The Morgan fingerprint density at radius 1 is 1.42 bits per heavy atom. The second-order valence-corrected chi connectivity index (χ2v) is 5.58. The summed E-state index contributed by atoms with van der Waals surface area (Å²) in [6.07, 6.45) is 2.07. The summed E-state index contributed by atoms with van der Waals surface area (Å²) in [5.74, 6) is 0. The summed E-state index contributed by atoms with van der Waals surface area (Å²) in [7, 11) is 0. The average Bonchev–Trinajstić information content (AvgIpc) is 2.26. The fourth-order valence-electron chi connectivity index (χ4n) is 1.86. The molecular formula is C16H23NO2. The number of aryl methyl sites for hydroxylation is 1. The number of carbonyl (C=O) groups is 1. The first-order chi connectivity index (χ1) is 8.83. The molecule has 3 heteroatoms. The molecule has 1 atom stereocenters. The van der Waals surface area contributed by atoms with Crippen LogP contribution >= 0.6 is 0 Å². The Hall–Kier alpha value is -1.77.